The maximum Gasteiger partial charge on any atom is 0.275 e. The number of carbonyl (C=O) groups excluding carboxylic acids is 1. The van der Waals surface area contributed by atoms with Gasteiger partial charge in [-0.15, -0.1) is 11.3 Å². The molecular formula is C27H27ClN4O3S. The zero-order chi connectivity index (χ0) is 25.2. The van der Waals surface area contributed by atoms with Crippen LogP contribution in [-0.4, -0.2) is 53.6 Å². The largest absolute Gasteiger partial charge is 0.494 e. The van der Waals surface area contributed by atoms with Crippen LogP contribution < -0.4 is 15.2 Å². The van der Waals surface area contributed by atoms with Crippen molar-refractivity contribution in [3.63, 3.8) is 0 Å². The third kappa shape index (κ3) is 4.89. The third-order valence-electron chi connectivity index (χ3n) is 6.52. The Morgan fingerprint density at radius 2 is 1.89 bits per heavy atom. The smallest absolute Gasteiger partial charge is 0.275 e. The van der Waals surface area contributed by atoms with Gasteiger partial charge < -0.3 is 14.5 Å². The van der Waals surface area contributed by atoms with Gasteiger partial charge in [0.2, 0.25) is 5.91 Å². The van der Waals surface area contributed by atoms with Gasteiger partial charge in [-0.05, 0) is 61.8 Å². The maximum atomic E-state index is 13.4. The molecule has 2 aromatic heterocycles. The number of anilines is 1. The molecule has 0 saturated carbocycles. The van der Waals surface area contributed by atoms with Crippen LogP contribution in [0.1, 0.15) is 19.8 Å². The highest BCUT2D eigenvalue weighted by molar-refractivity contribution is 7.22. The number of methoxy groups -OCH3 is 1. The second-order valence-electron chi connectivity index (χ2n) is 8.83. The average Bonchev–Trinajstić information content (AvgIpc) is 3.55. The van der Waals surface area contributed by atoms with Gasteiger partial charge in [-0.2, -0.15) is 0 Å². The van der Waals surface area contributed by atoms with Crippen molar-refractivity contribution in [3.8, 4) is 21.9 Å². The van der Waals surface area contributed by atoms with Gasteiger partial charge in [0.05, 0.1) is 24.0 Å². The number of aromatic nitrogens is 2. The topological polar surface area (TPSA) is 67.7 Å². The van der Waals surface area contributed by atoms with Crippen LogP contribution in [0, 0.1) is 0 Å². The highest BCUT2D eigenvalue weighted by atomic mass is 35.5. The van der Waals surface area contributed by atoms with Gasteiger partial charge in [-0.3, -0.25) is 14.2 Å². The van der Waals surface area contributed by atoms with Crippen molar-refractivity contribution in [2.45, 2.75) is 19.8 Å². The molecule has 0 aliphatic carbocycles. The molecule has 0 spiro atoms. The van der Waals surface area contributed by atoms with E-state index < -0.39 is 0 Å². The van der Waals surface area contributed by atoms with Gasteiger partial charge in [0.25, 0.3) is 5.56 Å². The van der Waals surface area contributed by atoms with E-state index in [2.05, 4.69) is 9.88 Å². The Morgan fingerprint density at radius 3 is 2.58 bits per heavy atom. The Balaban J connectivity index is 1.47. The molecule has 1 saturated heterocycles. The molecule has 9 heteroatoms. The van der Waals surface area contributed by atoms with Crippen molar-refractivity contribution in [1.29, 1.82) is 0 Å². The minimum absolute atomic E-state index is 0.0474. The lowest BCUT2D eigenvalue weighted by atomic mass is 10.2. The first-order valence-electron chi connectivity index (χ1n) is 11.9. The molecule has 0 unspecified atom stereocenters. The lowest BCUT2D eigenvalue weighted by Gasteiger charge is -2.26. The average molecular weight is 523 g/mol. The van der Waals surface area contributed by atoms with Crippen LogP contribution in [0.5, 0.6) is 5.75 Å². The van der Waals surface area contributed by atoms with E-state index in [0.717, 1.165) is 30.1 Å². The predicted molar refractivity (Wildman–Crippen MR) is 146 cm³/mol. The summed E-state index contributed by atoms with van der Waals surface area (Å²) in [5.74, 6) is 0.484. The van der Waals surface area contributed by atoms with Crippen molar-refractivity contribution in [2.75, 3.05) is 38.2 Å². The number of benzene rings is 2. The molecule has 1 amide bonds. The van der Waals surface area contributed by atoms with Gasteiger partial charge in [0, 0.05) is 36.0 Å². The highest BCUT2D eigenvalue weighted by Gasteiger charge is 2.20. The summed E-state index contributed by atoms with van der Waals surface area (Å²) in [6.45, 7) is 5.11. The van der Waals surface area contributed by atoms with Crippen LogP contribution in [0.3, 0.4) is 0 Å². The van der Waals surface area contributed by atoms with E-state index in [1.165, 1.54) is 35.1 Å². The molecule has 0 atom stereocenters. The molecule has 36 heavy (non-hydrogen) atoms. The van der Waals surface area contributed by atoms with E-state index in [1.807, 2.05) is 42.5 Å². The lowest BCUT2D eigenvalue weighted by Crippen LogP contribution is -2.37. The first-order valence-corrected chi connectivity index (χ1v) is 13.1. The summed E-state index contributed by atoms with van der Waals surface area (Å²) >= 11 is 7.42. The summed E-state index contributed by atoms with van der Waals surface area (Å²) in [7, 11) is 1.57. The Labute approximate surface area is 218 Å². The molecule has 0 N–H and O–H groups in total. The van der Waals surface area contributed by atoms with Gasteiger partial charge in [0.15, 0.2) is 0 Å². The second-order valence-corrected chi connectivity index (χ2v) is 10.3. The highest BCUT2D eigenvalue weighted by Crippen LogP contribution is 2.33. The molecule has 2 aromatic carbocycles. The monoisotopic (exact) mass is 522 g/mol. The minimum Gasteiger partial charge on any atom is -0.494 e. The van der Waals surface area contributed by atoms with E-state index >= 15 is 0 Å². The molecule has 0 bridgehead atoms. The van der Waals surface area contributed by atoms with Crippen molar-refractivity contribution in [1.82, 2.24) is 14.5 Å². The molecular weight excluding hydrogens is 496 g/mol. The van der Waals surface area contributed by atoms with Crippen molar-refractivity contribution >= 4 is 44.7 Å². The van der Waals surface area contributed by atoms with Crippen LogP contribution in [0.2, 0.25) is 5.02 Å². The number of nitrogens with zero attached hydrogens (tertiary/aromatic N) is 4. The number of amides is 1. The molecule has 1 aliphatic rings. The summed E-state index contributed by atoms with van der Waals surface area (Å²) in [5, 5.41) is 0.664. The Bertz CT molecular complexity index is 1460. The summed E-state index contributed by atoms with van der Waals surface area (Å²) < 4.78 is 7.74. The Kier molecular flexibility index (Phi) is 7.09. The minimum atomic E-state index is -0.155. The number of hydrogen-bond donors (Lipinski definition) is 0. The van der Waals surface area contributed by atoms with Crippen LogP contribution in [0.4, 0.5) is 5.69 Å². The van der Waals surface area contributed by atoms with E-state index in [0.29, 0.717) is 38.9 Å². The molecule has 5 rings (SSSR count). The van der Waals surface area contributed by atoms with Crippen LogP contribution in [0.25, 0.3) is 26.3 Å². The number of fused-ring (bicyclic) bond motifs is 1. The SMILES string of the molecule is COc1cc(-n2cnc3cc(-c4ccc(Cl)cc4)sc3c2=O)ccc1N(CCN1CCCC1)C(C)=O. The summed E-state index contributed by atoms with van der Waals surface area (Å²) in [6, 6.07) is 14.9. The Hall–Kier alpha value is -3.20. The van der Waals surface area contributed by atoms with E-state index in [9.17, 15) is 9.59 Å². The number of halogens is 1. The van der Waals surface area contributed by atoms with Crippen molar-refractivity contribution in [2.24, 2.45) is 0 Å². The first kappa shape index (κ1) is 24.5. The van der Waals surface area contributed by atoms with E-state index in [1.54, 1.807) is 25.0 Å². The second kappa shape index (κ2) is 10.4. The number of rotatable bonds is 7. The van der Waals surface area contributed by atoms with Gasteiger partial charge in [-0.1, -0.05) is 23.7 Å². The van der Waals surface area contributed by atoms with Gasteiger partial charge in [-0.25, -0.2) is 4.98 Å². The normalized spacial score (nSPS) is 13.9. The molecule has 3 heterocycles. The lowest BCUT2D eigenvalue weighted by molar-refractivity contribution is -0.116. The molecule has 186 valence electrons. The fraction of sp³-hybridized carbons (Fsp3) is 0.296. The van der Waals surface area contributed by atoms with E-state index in [-0.39, 0.29) is 11.5 Å². The fourth-order valence-corrected chi connectivity index (χ4v) is 5.76. The van der Waals surface area contributed by atoms with E-state index in [4.69, 9.17) is 16.3 Å². The number of likely N-dealkylation sites (tertiary alicyclic amines) is 1. The number of carbonyl (C=O) groups is 1. The summed E-state index contributed by atoms with van der Waals surface area (Å²) in [5.41, 5.74) is 2.80. The van der Waals surface area contributed by atoms with Gasteiger partial charge in [0.1, 0.15) is 16.8 Å². The first-order chi connectivity index (χ1) is 17.4. The number of ether oxygens (including phenoxy) is 1. The zero-order valence-corrected chi connectivity index (χ0v) is 21.8. The van der Waals surface area contributed by atoms with Gasteiger partial charge >= 0.3 is 0 Å². The quantitative estimate of drug-likeness (QED) is 0.333. The molecule has 7 nitrogen and oxygen atoms in total. The summed E-state index contributed by atoms with van der Waals surface area (Å²) in [4.78, 5) is 35.5. The van der Waals surface area contributed by atoms with Crippen LogP contribution in [-0.2, 0) is 4.79 Å². The van der Waals surface area contributed by atoms with Crippen molar-refractivity contribution in [3.05, 3.63) is 70.2 Å². The summed E-state index contributed by atoms with van der Waals surface area (Å²) in [6.07, 6.45) is 3.95. The zero-order valence-electron chi connectivity index (χ0n) is 20.2. The van der Waals surface area contributed by atoms with Crippen molar-refractivity contribution < 1.29 is 9.53 Å². The number of hydrogen-bond acceptors (Lipinski definition) is 6. The third-order valence-corrected chi connectivity index (χ3v) is 7.93. The predicted octanol–water partition coefficient (Wildman–Crippen LogP) is 5.22. The van der Waals surface area contributed by atoms with Crippen LogP contribution >= 0.6 is 22.9 Å². The molecule has 1 fully saturated rings. The van der Waals surface area contributed by atoms with Crippen LogP contribution in [0.15, 0.2) is 59.7 Å². The maximum absolute atomic E-state index is 13.4. The molecule has 1 aliphatic heterocycles. The molecule has 4 aromatic rings. The Morgan fingerprint density at radius 1 is 1.14 bits per heavy atom. The number of thiophene rings is 1. The molecule has 0 radical (unpaired) electrons. The fourth-order valence-electron chi connectivity index (χ4n) is 4.59. The standard InChI is InChI=1S/C27H27ClN4O3S/c1-18(33)31(14-13-30-11-3-4-12-30)23-10-9-21(15-24(23)35-2)32-17-29-22-16-25(36-26(22)27(32)34)19-5-7-20(28)8-6-19/h5-10,15-17H,3-4,11-14H2,1-2H3.